The molecule has 0 bridgehead atoms. The topological polar surface area (TPSA) is 44.1 Å². The van der Waals surface area contributed by atoms with Crippen LogP contribution in [0.4, 0.5) is 0 Å². The molecule has 0 spiro atoms. The molecule has 1 rings (SSSR count). The maximum atomic E-state index is 11.2. The normalized spacial score (nSPS) is 10.2. The smallest absolute Gasteiger partial charge is 0.305 e. The van der Waals surface area contributed by atoms with E-state index in [0.717, 1.165) is 19.3 Å². The SMILES string of the molecule is CCCCCC(=O)OCCn1ccnc1. The zero-order valence-electron chi connectivity index (χ0n) is 9.19. The summed E-state index contributed by atoms with van der Waals surface area (Å²) in [5, 5.41) is 0. The molecular formula is C11H18N2O2. The molecule has 0 aliphatic heterocycles. The molecule has 4 nitrogen and oxygen atoms in total. The number of hydrogen-bond donors (Lipinski definition) is 0. The monoisotopic (exact) mass is 210 g/mol. The van der Waals surface area contributed by atoms with Crippen LogP contribution < -0.4 is 0 Å². The lowest BCUT2D eigenvalue weighted by molar-refractivity contribution is -0.144. The van der Waals surface area contributed by atoms with E-state index in [1.165, 1.54) is 0 Å². The van der Waals surface area contributed by atoms with Gasteiger partial charge in [0.1, 0.15) is 6.61 Å². The summed E-state index contributed by atoms with van der Waals surface area (Å²) < 4.78 is 6.96. The van der Waals surface area contributed by atoms with Crippen LogP contribution in [0.1, 0.15) is 32.6 Å². The van der Waals surface area contributed by atoms with Gasteiger partial charge in [-0.2, -0.15) is 0 Å². The van der Waals surface area contributed by atoms with Crippen molar-refractivity contribution in [1.29, 1.82) is 0 Å². The number of rotatable bonds is 7. The summed E-state index contributed by atoms with van der Waals surface area (Å²) in [4.78, 5) is 15.1. The van der Waals surface area contributed by atoms with E-state index >= 15 is 0 Å². The summed E-state index contributed by atoms with van der Waals surface area (Å²) in [5.41, 5.74) is 0. The molecule has 0 aliphatic rings. The predicted octanol–water partition coefficient (Wildman–Crippen LogP) is 2.01. The van der Waals surface area contributed by atoms with Gasteiger partial charge in [-0.25, -0.2) is 4.98 Å². The first-order valence-corrected chi connectivity index (χ1v) is 5.44. The van der Waals surface area contributed by atoms with Crippen LogP contribution in [0.25, 0.3) is 0 Å². The quantitative estimate of drug-likeness (QED) is 0.510. The van der Waals surface area contributed by atoms with Gasteiger partial charge in [0.25, 0.3) is 0 Å². The van der Waals surface area contributed by atoms with E-state index in [-0.39, 0.29) is 5.97 Å². The van der Waals surface area contributed by atoms with Crippen molar-refractivity contribution >= 4 is 5.97 Å². The van der Waals surface area contributed by atoms with Crippen molar-refractivity contribution < 1.29 is 9.53 Å². The molecule has 0 saturated heterocycles. The molecule has 0 fully saturated rings. The molecule has 4 heteroatoms. The number of nitrogens with zero attached hydrogens (tertiary/aromatic N) is 2. The molecular weight excluding hydrogens is 192 g/mol. The number of unbranched alkanes of at least 4 members (excludes halogenated alkanes) is 2. The molecule has 0 unspecified atom stereocenters. The molecule has 1 heterocycles. The number of esters is 1. The fraction of sp³-hybridized carbons (Fsp3) is 0.636. The number of ether oxygens (including phenoxy) is 1. The molecule has 84 valence electrons. The molecule has 1 aromatic rings. The summed E-state index contributed by atoms with van der Waals surface area (Å²) in [6.45, 7) is 3.23. The summed E-state index contributed by atoms with van der Waals surface area (Å²) >= 11 is 0. The van der Waals surface area contributed by atoms with E-state index in [1.807, 2.05) is 10.8 Å². The van der Waals surface area contributed by atoms with Gasteiger partial charge >= 0.3 is 5.97 Å². The van der Waals surface area contributed by atoms with Crippen molar-refractivity contribution in [3.8, 4) is 0 Å². The molecule has 1 aromatic heterocycles. The summed E-state index contributed by atoms with van der Waals surface area (Å²) in [5.74, 6) is -0.0939. The number of carbonyl (C=O) groups is 1. The molecule has 0 amide bonds. The van der Waals surface area contributed by atoms with Crippen LogP contribution >= 0.6 is 0 Å². The van der Waals surface area contributed by atoms with E-state index in [9.17, 15) is 4.79 Å². The Morgan fingerprint density at radius 1 is 1.47 bits per heavy atom. The maximum Gasteiger partial charge on any atom is 0.305 e. The number of carbonyl (C=O) groups excluding carboxylic acids is 1. The van der Waals surface area contributed by atoms with Crippen molar-refractivity contribution in [3.63, 3.8) is 0 Å². The van der Waals surface area contributed by atoms with E-state index in [2.05, 4.69) is 11.9 Å². The van der Waals surface area contributed by atoms with Crippen LogP contribution in [0, 0.1) is 0 Å². The first kappa shape index (κ1) is 11.8. The Bertz CT molecular complexity index is 270. The number of hydrogen-bond acceptors (Lipinski definition) is 3. The second-order valence-electron chi connectivity index (χ2n) is 3.48. The fourth-order valence-electron chi connectivity index (χ4n) is 1.28. The Morgan fingerprint density at radius 3 is 3.00 bits per heavy atom. The van der Waals surface area contributed by atoms with Crippen LogP contribution in [-0.4, -0.2) is 22.1 Å². The summed E-state index contributed by atoms with van der Waals surface area (Å²) in [6.07, 6.45) is 8.97. The minimum absolute atomic E-state index is 0.0939. The van der Waals surface area contributed by atoms with Gasteiger partial charge in [0.15, 0.2) is 0 Å². The molecule has 0 N–H and O–H groups in total. The third-order valence-electron chi connectivity index (χ3n) is 2.16. The second-order valence-corrected chi connectivity index (χ2v) is 3.48. The Kier molecular flexibility index (Phi) is 5.51. The van der Waals surface area contributed by atoms with Crippen molar-refractivity contribution in [1.82, 2.24) is 9.55 Å². The van der Waals surface area contributed by atoms with E-state index < -0.39 is 0 Å². The van der Waals surface area contributed by atoms with E-state index in [0.29, 0.717) is 19.6 Å². The minimum Gasteiger partial charge on any atom is -0.464 e. The Labute approximate surface area is 90.3 Å². The molecule has 0 radical (unpaired) electrons. The van der Waals surface area contributed by atoms with Gasteiger partial charge < -0.3 is 9.30 Å². The highest BCUT2D eigenvalue weighted by Crippen LogP contribution is 2.00. The average Bonchev–Trinajstić information content (AvgIpc) is 2.71. The Morgan fingerprint density at radius 2 is 2.33 bits per heavy atom. The molecule has 0 aliphatic carbocycles. The zero-order valence-corrected chi connectivity index (χ0v) is 9.19. The highest BCUT2D eigenvalue weighted by Gasteiger charge is 2.01. The first-order valence-electron chi connectivity index (χ1n) is 5.44. The van der Waals surface area contributed by atoms with Crippen molar-refractivity contribution in [3.05, 3.63) is 18.7 Å². The van der Waals surface area contributed by atoms with Crippen LogP contribution in [0.2, 0.25) is 0 Å². The molecule has 0 aromatic carbocycles. The van der Waals surface area contributed by atoms with Gasteiger partial charge in [-0.15, -0.1) is 0 Å². The minimum atomic E-state index is -0.0939. The van der Waals surface area contributed by atoms with Crippen molar-refractivity contribution in [2.24, 2.45) is 0 Å². The van der Waals surface area contributed by atoms with Gasteiger partial charge in [-0.1, -0.05) is 19.8 Å². The summed E-state index contributed by atoms with van der Waals surface area (Å²) in [6, 6.07) is 0. The van der Waals surface area contributed by atoms with Crippen LogP contribution in [0.15, 0.2) is 18.7 Å². The maximum absolute atomic E-state index is 11.2. The van der Waals surface area contributed by atoms with Crippen molar-refractivity contribution in [2.75, 3.05) is 6.61 Å². The van der Waals surface area contributed by atoms with E-state index in [1.54, 1.807) is 12.5 Å². The number of imidazole rings is 1. The molecule has 15 heavy (non-hydrogen) atoms. The third-order valence-corrected chi connectivity index (χ3v) is 2.16. The lowest BCUT2D eigenvalue weighted by Gasteiger charge is -2.04. The zero-order chi connectivity index (χ0) is 10.9. The lowest BCUT2D eigenvalue weighted by Crippen LogP contribution is -2.10. The van der Waals surface area contributed by atoms with Gasteiger partial charge in [0, 0.05) is 18.8 Å². The average molecular weight is 210 g/mol. The van der Waals surface area contributed by atoms with Crippen molar-refractivity contribution in [2.45, 2.75) is 39.2 Å². The largest absolute Gasteiger partial charge is 0.464 e. The molecule has 0 saturated carbocycles. The highest BCUT2D eigenvalue weighted by atomic mass is 16.5. The van der Waals surface area contributed by atoms with Crippen LogP contribution in [0.5, 0.6) is 0 Å². The highest BCUT2D eigenvalue weighted by molar-refractivity contribution is 5.69. The standard InChI is InChI=1S/C11H18N2O2/c1-2-3-4-5-11(14)15-9-8-13-7-6-12-10-13/h6-7,10H,2-5,8-9H2,1H3. The summed E-state index contributed by atoms with van der Waals surface area (Å²) in [7, 11) is 0. The first-order chi connectivity index (χ1) is 7.33. The van der Waals surface area contributed by atoms with Gasteiger partial charge in [0.05, 0.1) is 12.9 Å². The predicted molar refractivity (Wildman–Crippen MR) is 57.3 cm³/mol. The van der Waals surface area contributed by atoms with E-state index in [4.69, 9.17) is 4.74 Å². The molecule has 0 atom stereocenters. The third kappa shape index (κ3) is 5.20. The lowest BCUT2D eigenvalue weighted by atomic mass is 10.2. The number of aromatic nitrogens is 2. The van der Waals surface area contributed by atoms with Crippen LogP contribution in [0.3, 0.4) is 0 Å². The Balaban J connectivity index is 2.02. The fourth-order valence-corrected chi connectivity index (χ4v) is 1.28. The van der Waals surface area contributed by atoms with Crippen LogP contribution in [-0.2, 0) is 16.1 Å². The second kappa shape index (κ2) is 7.04. The Hall–Kier alpha value is -1.32. The van der Waals surface area contributed by atoms with Gasteiger partial charge in [-0.3, -0.25) is 4.79 Å². The van der Waals surface area contributed by atoms with Gasteiger partial charge in [-0.05, 0) is 6.42 Å². The van der Waals surface area contributed by atoms with Gasteiger partial charge in [0.2, 0.25) is 0 Å².